The lowest BCUT2D eigenvalue weighted by Crippen LogP contribution is -2.05. The minimum Gasteiger partial charge on any atom is -0.489 e. The Balaban J connectivity index is 1.69. The molecule has 0 spiro atoms. The van der Waals surface area contributed by atoms with Crippen LogP contribution in [0.4, 0.5) is 0 Å². The van der Waals surface area contributed by atoms with Gasteiger partial charge in [0, 0.05) is 12.0 Å². The molecule has 0 saturated carbocycles. The number of ether oxygens (including phenoxy) is 3. The molecular formula is C20H16ClNO4. The number of halogens is 1. The highest BCUT2D eigenvalue weighted by Crippen LogP contribution is 2.38. The van der Waals surface area contributed by atoms with E-state index in [4.69, 9.17) is 25.8 Å². The summed E-state index contributed by atoms with van der Waals surface area (Å²) in [5, 5.41) is 0.436. The summed E-state index contributed by atoms with van der Waals surface area (Å²) in [6.45, 7) is 3.09. The van der Waals surface area contributed by atoms with Gasteiger partial charge in [-0.05, 0) is 42.8 Å². The summed E-state index contributed by atoms with van der Waals surface area (Å²) in [6.07, 6.45) is 2.42. The lowest BCUT2D eigenvalue weighted by molar-refractivity contribution is -0.129. The number of nitrogens with zero attached hydrogens (tertiary/aromatic N) is 1. The summed E-state index contributed by atoms with van der Waals surface area (Å²) in [7, 11) is 0. The van der Waals surface area contributed by atoms with Crippen LogP contribution in [-0.4, -0.2) is 25.1 Å². The number of aryl methyl sites for hydroxylation is 1. The molecule has 0 fully saturated rings. The first-order valence-electron chi connectivity index (χ1n) is 8.29. The molecule has 0 aliphatic carbocycles. The van der Waals surface area contributed by atoms with Crippen LogP contribution in [0, 0.1) is 6.92 Å². The molecule has 0 saturated heterocycles. The van der Waals surface area contributed by atoms with Gasteiger partial charge in [-0.25, -0.2) is 9.79 Å². The molecule has 2 aromatic carbocycles. The smallest absolute Gasteiger partial charge is 0.363 e. The van der Waals surface area contributed by atoms with Crippen LogP contribution >= 0.6 is 11.6 Å². The molecule has 0 radical (unpaired) electrons. The molecule has 0 unspecified atom stereocenters. The number of aliphatic imine (C=N–C) groups is 1. The standard InChI is InChI=1S/C20H16ClNO4/c1-12-4-2-5-14(8-12)19-22-16(20(23)26-19)10-13-9-15(21)18-17(11-13)24-6-3-7-25-18/h2,4-5,8-11H,3,6-7H2,1H3. The molecule has 2 aromatic rings. The molecule has 6 heteroatoms. The van der Waals surface area contributed by atoms with Crippen molar-refractivity contribution in [2.24, 2.45) is 4.99 Å². The van der Waals surface area contributed by atoms with Gasteiger partial charge in [-0.2, -0.15) is 0 Å². The summed E-state index contributed by atoms with van der Waals surface area (Å²) in [4.78, 5) is 16.5. The lowest BCUT2D eigenvalue weighted by atomic mass is 10.1. The Hall–Kier alpha value is -2.79. The van der Waals surface area contributed by atoms with Crippen LogP contribution in [0.25, 0.3) is 6.08 Å². The van der Waals surface area contributed by atoms with Gasteiger partial charge in [0.1, 0.15) is 0 Å². The van der Waals surface area contributed by atoms with E-state index >= 15 is 0 Å². The van der Waals surface area contributed by atoms with Crippen molar-refractivity contribution in [2.45, 2.75) is 13.3 Å². The van der Waals surface area contributed by atoms with Crippen LogP contribution in [0.3, 0.4) is 0 Å². The largest absolute Gasteiger partial charge is 0.489 e. The monoisotopic (exact) mass is 369 g/mol. The number of carbonyl (C=O) groups is 1. The Kier molecular flexibility index (Phi) is 4.39. The van der Waals surface area contributed by atoms with Crippen LogP contribution in [0.5, 0.6) is 11.5 Å². The number of esters is 1. The Labute approximate surface area is 155 Å². The molecule has 26 heavy (non-hydrogen) atoms. The normalized spacial score (nSPS) is 17.7. The summed E-state index contributed by atoms with van der Waals surface area (Å²) in [5.41, 5.74) is 2.74. The third-order valence-corrected chi connectivity index (χ3v) is 4.29. The number of benzene rings is 2. The van der Waals surface area contributed by atoms with Gasteiger partial charge in [0.25, 0.3) is 0 Å². The van der Waals surface area contributed by atoms with Crippen molar-refractivity contribution < 1.29 is 19.0 Å². The molecule has 0 N–H and O–H groups in total. The second-order valence-electron chi connectivity index (χ2n) is 6.09. The van der Waals surface area contributed by atoms with E-state index in [1.54, 1.807) is 18.2 Å². The van der Waals surface area contributed by atoms with E-state index in [1.165, 1.54) is 0 Å². The quantitative estimate of drug-likeness (QED) is 0.589. The molecule has 2 aliphatic heterocycles. The van der Waals surface area contributed by atoms with Gasteiger partial charge in [0.2, 0.25) is 5.90 Å². The Bertz CT molecular complexity index is 949. The molecule has 0 amide bonds. The molecule has 0 bridgehead atoms. The van der Waals surface area contributed by atoms with E-state index in [-0.39, 0.29) is 5.70 Å². The minimum absolute atomic E-state index is 0.215. The van der Waals surface area contributed by atoms with Crippen molar-refractivity contribution in [1.82, 2.24) is 0 Å². The number of rotatable bonds is 2. The van der Waals surface area contributed by atoms with Gasteiger partial charge in [-0.3, -0.25) is 0 Å². The van der Waals surface area contributed by atoms with Gasteiger partial charge in [-0.15, -0.1) is 0 Å². The third-order valence-electron chi connectivity index (χ3n) is 4.01. The maximum atomic E-state index is 12.2. The maximum absolute atomic E-state index is 12.2. The third kappa shape index (κ3) is 3.30. The second kappa shape index (κ2) is 6.84. The molecule has 0 aromatic heterocycles. The Morgan fingerprint density at radius 3 is 2.85 bits per heavy atom. The van der Waals surface area contributed by atoms with E-state index in [2.05, 4.69) is 4.99 Å². The number of hydrogen-bond acceptors (Lipinski definition) is 5. The Morgan fingerprint density at radius 2 is 2.00 bits per heavy atom. The Morgan fingerprint density at radius 1 is 1.15 bits per heavy atom. The molecule has 2 aliphatic rings. The van der Waals surface area contributed by atoms with Crippen LogP contribution < -0.4 is 9.47 Å². The molecule has 4 rings (SSSR count). The number of carbonyl (C=O) groups excluding carboxylic acids is 1. The molecule has 2 heterocycles. The summed E-state index contributed by atoms with van der Waals surface area (Å²) >= 11 is 6.30. The number of fused-ring (bicyclic) bond motifs is 1. The summed E-state index contributed by atoms with van der Waals surface area (Å²) in [5.74, 6) is 0.899. The average Bonchev–Trinajstić information content (AvgIpc) is 2.81. The second-order valence-corrected chi connectivity index (χ2v) is 6.49. The van der Waals surface area contributed by atoms with Gasteiger partial charge < -0.3 is 14.2 Å². The predicted octanol–water partition coefficient (Wildman–Crippen LogP) is 4.15. The SMILES string of the molecule is Cc1cccc(C2=NC(=Cc3cc(Cl)c4c(c3)OCCCO4)C(=O)O2)c1. The predicted molar refractivity (Wildman–Crippen MR) is 98.8 cm³/mol. The zero-order valence-electron chi connectivity index (χ0n) is 14.1. The van der Waals surface area contributed by atoms with Crippen LogP contribution in [0.2, 0.25) is 5.02 Å². The van der Waals surface area contributed by atoms with Crippen LogP contribution in [-0.2, 0) is 9.53 Å². The van der Waals surface area contributed by atoms with Crippen molar-refractivity contribution in [3.63, 3.8) is 0 Å². The first-order valence-corrected chi connectivity index (χ1v) is 8.67. The van der Waals surface area contributed by atoms with Gasteiger partial charge >= 0.3 is 5.97 Å². The van der Waals surface area contributed by atoms with Crippen molar-refractivity contribution in [1.29, 1.82) is 0 Å². The number of hydrogen-bond donors (Lipinski definition) is 0. The topological polar surface area (TPSA) is 57.1 Å². The maximum Gasteiger partial charge on any atom is 0.363 e. The van der Waals surface area contributed by atoms with E-state index < -0.39 is 5.97 Å². The van der Waals surface area contributed by atoms with Gasteiger partial charge in [0.05, 0.1) is 18.2 Å². The first-order chi connectivity index (χ1) is 12.6. The highest BCUT2D eigenvalue weighted by Gasteiger charge is 2.24. The molecule has 0 atom stereocenters. The first kappa shape index (κ1) is 16.7. The number of cyclic esters (lactones) is 1. The highest BCUT2D eigenvalue weighted by molar-refractivity contribution is 6.32. The van der Waals surface area contributed by atoms with Gasteiger partial charge in [-0.1, -0.05) is 29.3 Å². The van der Waals surface area contributed by atoms with Crippen molar-refractivity contribution >= 4 is 29.5 Å². The van der Waals surface area contributed by atoms with E-state index in [0.29, 0.717) is 41.2 Å². The van der Waals surface area contributed by atoms with E-state index in [0.717, 1.165) is 17.5 Å². The van der Waals surface area contributed by atoms with E-state index in [1.807, 2.05) is 31.2 Å². The molecule has 132 valence electrons. The lowest BCUT2D eigenvalue weighted by Gasteiger charge is -2.10. The van der Waals surface area contributed by atoms with Crippen LogP contribution in [0.15, 0.2) is 47.1 Å². The average molecular weight is 370 g/mol. The fourth-order valence-corrected chi connectivity index (χ4v) is 3.08. The van der Waals surface area contributed by atoms with Crippen molar-refractivity contribution in [3.8, 4) is 11.5 Å². The zero-order chi connectivity index (χ0) is 18.1. The zero-order valence-corrected chi connectivity index (χ0v) is 14.9. The van der Waals surface area contributed by atoms with Crippen molar-refractivity contribution in [3.05, 3.63) is 63.8 Å². The van der Waals surface area contributed by atoms with Gasteiger partial charge in [0.15, 0.2) is 17.2 Å². The fraction of sp³-hybridized carbons (Fsp3) is 0.200. The minimum atomic E-state index is -0.496. The summed E-state index contributed by atoms with van der Waals surface area (Å²) in [6, 6.07) is 11.1. The summed E-state index contributed by atoms with van der Waals surface area (Å²) < 4.78 is 16.6. The van der Waals surface area contributed by atoms with Crippen molar-refractivity contribution in [2.75, 3.05) is 13.2 Å². The van der Waals surface area contributed by atoms with E-state index in [9.17, 15) is 4.79 Å². The fourth-order valence-electron chi connectivity index (χ4n) is 2.80. The molecule has 5 nitrogen and oxygen atoms in total. The van der Waals surface area contributed by atoms with Crippen LogP contribution in [0.1, 0.15) is 23.1 Å². The highest BCUT2D eigenvalue weighted by atomic mass is 35.5. The molecular weight excluding hydrogens is 354 g/mol.